The van der Waals surface area contributed by atoms with Crippen LogP contribution in [0.25, 0.3) is 11.5 Å². The van der Waals surface area contributed by atoms with Gasteiger partial charge in [-0.05, 0) is 37.8 Å². The number of nitrogens with zero attached hydrogens (tertiary/aromatic N) is 3. The molecule has 0 spiro atoms. The molecule has 0 amide bonds. The molecule has 92 valence electrons. The van der Waals surface area contributed by atoms with Gasteiger partial charge in [0.05, 0.1) is 0 Å². The molecule has 0 fully saturated rings. The lowest BCUT2D eigenvalue weighted by Crippen LogP contribution is -2.19. The zero-order chi connectivity index (χ0) is 12.5. The molecule has 1 aliphatic carbocycles. The highest BCUT2D eigenvalue weighted by atomic mass is 14.9. The van der Waals surface area contributed by atoms with E-state index >= 15 is 0 Å². The topological polar surface area (TPSA) is 64.7 Å². The third-order valence-corrected chi connectivity index (χ3v) is 3.37. The monoisotopic (exact) mass is 240 g/mol. The molecular weight excluding hydrogens is 224 g/mol. The van der Waals surface area contributed by atoms with E-state index in [1.54, 1.807) is 0 Å². The van der Waals surface area contributed by atoms with Crippen molar-refractivity contribution in [3.05, 3.63) is 41.3 Å². The van der Waals surface area contributed by atoms with Gasteiger partial charge in [-0.1, -0.05) is 6.07 Å². The van der Waals surface area contributed by atoms with Gasteiger partial charge in [0.15, 0.2) is 5.82 Å². The fourth-order valence-corrected chi connectivity index (χ4v) is 2.30. The zero-order valence-electron chi connectivity index (χ0n) is 10.4. The van der Waals surface area contributed by atoms with Crippen molar-refractivity contribution >= 4 is 0 Å². The standard InChI is InChI=1S/C14H16N4/c1-9-5-6-13(16-7-9)14-17-8-10-11(15)3-2-4-12(10)18-14/h5-8,11H,2-4,15H2,1H3. The van der Waals surface area contributed by atoms with E-state index in [0.29, 0.717) is 5.82 Å². The van der Waals surface area contributed by atoms with Crippen LogP contribution in [-0.2, 0) is 6.42 Å². The van der Waals surface area contributed by atoms with Crippen molar-refractivity contribution in [2.45, 2.75) is 32.2 Å². The van der Waals surface area contributed by atoms with Crippen LogP contribution in [-0.4, -0.2) is 15.0 Å². The number of pyridine rings is 1. The molecule has 18 heavy (non-hydrogen) atoms. The Morgan fingerprint density at radius 3 is 2.89 bits per heavy atom. The summed E-state index contributed by atoms with van der Waals surface area (Å²) in [7, 11) is 0. The third kappa shape index (κ3) is 1.99. The van der Waals surface area contributed by atoms with Crippen LogP contribution in [0.1, 0.15) is 35.7 Å². The largest absolute Gasteiger partial charge is 0.324 e. The maximum Gasteiger partial charge on any atom is 0.178 e. The minimum absolute atomic E-state index is 0.0915. The first-order chi connectivity index (χ1) is 8.74. The van der Waals surface area contributed by atoms with Crippen molar-refractivity contribution in [3.63, 3.8) is 0 Å². The first-order valence-corrected chi connectivity index (χ1v) is 6.28. The molecule has 0 bridgehead atoms. The van der Waals surface area contributed by atoms with Crippen molar-refractivity contribution in [2.75, 3.05) is 0 Å². The van der Waals surface area contributed by atoms with E-state index in [9.17, 15) is 0 Å². The number of hydrogen-bond acceptors (Lipinski definition) is 4. The highest BCUT2D eigenvalue weighted by Gasteiger charge is 2.19. The molecule has 1 aliphatic rings. The van der Waals surface area contributed by atoms with E-state index in [2.05, 4.69) is 15.0 Å². The molecule has 3 rings (SSSR count). The van der Waals surface area contributed by atoms with Gasteiger partial charge in [-0.25, -0.2) is 9.97 Å². The summed E-state index contributed by atoms with van der Waals surface area (Å²) in [6.45, 7) is 2.02. The second-order valence-electron chi connectivity index (χ2n) is 4.82. The third-order valence-electron chi connectivity index (χ3n) is 3.37. The van der Waals surface area contributed by atoms with Gasteiger partial charge in [-0.15, -0.1) is 0 Å². The van der Waals surface area contributed by atoms with Crippen molar-refractivity contribution in [2.24, 2.45) is 5.73 Å². The smallest absolute Gasteiger partial charge is 0.178 e. The predicted molar refractivity (Wildman–Crippen MR) is 69.9 cm³/mol. The Bertz CT molecular complexity index is 563. The Morgan fingerprint density at radius 1 is 1.22 bits per heavy atom. The van der Waals surface area contributed by atoms with Gasteiger partial charge >= 0.3 is 0 Å². The van der Waals surface area contributed by atoms with Crippen LogP contribution >= 0.6 is 0 Å². The number of nitrogens with two attached hydrogens (primary N) is 1. The van der Waals surface area contributed by atoms with Crippen molar-refractivity contribution in [1.29, 1.82) is 0 Å². The van der Waals surface area contributed by atoms with Crippen LogP contribution in [0.15, 0.2) is 24.5 Å². The normalized spacial score (nSPS) is 18.4. The number of rotatable bonds is 1. The lowest BCUT2D eigenvalue weighted by atomic mass is 9.93. The number of fused-ring (bicyclic) bond motifs is 1. The Labute approximate surface area is 106 Å². The molecule has 1 atom stereocenters. The van der Waals surface area contributed by atoms with Gasteiger partial charge in [0.1, 0.15) is 5.69 Å². The number of aryl methyl sites for hydroxylation is 2. The van der Waals surface area contributed by atoms with Gasteiger partial charge in [0.25, 0.3) is 0 Å². The van der Waals surface area contributed by atoms with E-state index in [1.807, 2.05) is 31.5 Å². The quantitative estimate of drug-likeness (QED) is 0.829. The summed E-state index contributed by atoms with van der Waals surface area (Å²) < 4.78 is 0. The van der Waals surface area contributed by atoms with Gasteiger partial charge in [-0.3, -0.25) is 4.98 Å². The minimum atomic E-state index is 0.0915. The number of aromatic nitrogens is 3. The van der Waals surface area contributed by atoms with Gasteiger partial charge in [-0.2, -0.15) is 0 Å². The number of hydrogen-bond donors (Lipinski definition) is 1. The Hall–Kier alpha value is -1.81. The van der Waals surface area contributed by atoms with Crippen LogP contribution in [0.2, 0.25) is 0 Å². The average molecular weight is 240 g/mol. The Kier molecular flexibility index (Phi) is 2.80. The molecule has 0 saturated heterocycles. The summed E-state index contributed by atoms with van der Waals surface area (Å²) in [5.74, 6) is 0.697. The van der Waals surface area contributed by atoms with Crippen LogP contribution in [0.5, 0.6) is 0 Å². The summed E-state index contributed by atoms with van der Waals surface area (Å²) >= 11 is 0. The van der Waals surface area contributed by atoms with E-state index in [0.717, 1.165) is 41.8 Å². The Balaban J connectivity index is 2.01. The zero-order valence-corrected chi connectivity index (χ0v) is 10.4. The molecule has 2 heterocycles. The van der Waals surface area contributed by atoms with Crippen molar-refractivity contribution < 1.29 is 0 Å². The molecule has 1 unspecified atom stereocenters. The van der Waals surface area contributed by atoms with Crippen molar-refractivity contribution in [1.82, 2.24) is 15.0 Å². The van der Waals surface area contributed by atoms with E-state index in [1.165, 1.54) is 0 Å². The molecule has 4 heteroatoms. The molecule has 2 aromatic rings. The first kappa shape index (κ1) is 11.3. The predicted octanol–water partition coefficient (Wildman–Crippen LogP) is 2.18. The van der Waals surface area contributed by atoms with E-state index in [4.69, 9.17) is 5.73 Å². The van der Waals surface area contributed by atoms with Crippen LogP contribution in [0.4, 0.5) is 0 Å². The Morgan fingerprint density at radius 2 is 2.11 bits per heavy atom. The summed E-state index contributed by atoms with van der Waals surface area (Å²) in [5.41, 5.74) is 10.2. The fourth-order valence-electron chi connectivity index (χ4n) is 2.30. The van der Waals surface area contributed by atoms with E-state index < -0.39 is 0 Å². The summed E-state index contributed by atoms with van der Waals surface area (Å²) in [6.07, 6.45) is 6.82. The lowest BCUT2D eigenvalue weighted by Gasteiger charge is -2.20. The molecular formula is C14H16N4. The SMILES string of the molecule is Cc1ccc(-c2ncc3c(n2)CCCC3N)nc1. The second kappa shape index (κ2) is 4.46. The van der Waals surface area contributed by atoms with Gasteiger partial charge in [0.2, 0.25) is 0 Å². The molecule has 0 aliphatic heterocycles. The van der Waals surface area contributed by atoms with Crippen LogP contribution in [0, 0.1) is 6.92 Å². The fraction of sp³-hybridized carbons (Fsp3) is 0.357. The van der Waals surface area contributed by atoms with Crippen LogP contribution < -0.4 is 5.73 Å². The van der Waals surface area contributed by atoms with Gasteiger partial charge < -0.3 is 5.73 Å². The minimum Gasteiger partial charge on any atom is -0.324 e. The summed E-state index contributed by atoms with van der Waals surface area (Å²) in [4.78, 5) is 13.4. The molecule has 0 saturated carbocycles. The molecule has 2 N–H and O–H groups in total. The molecule has 2 aromatic heterocycles. The molecule has 4 nitrogen and oxygen atoms in total. The first-order valence-electron chi connectivity index (χ1n) is 6.28. The van der Waals surface area contributed by atoms with Gasteiger partial charge in [0, 0.05) is 29.7 Å². The van der Waals surface area contributed by atoms with E-state index in [-0.39, 0.29) is 6.04 Å². The van der Waals surface area contributed by atoms with Crippen molar-refractivity contribution in [3.8, 4) is 11.5 Å². The summed E-state index contributed by atoms with van der Waals surface area (Å²) in [5, 5.41) is 0. The lowest BCUT2D eigenvalue weighted by molar-refractivity contribution is 0.557. The molecule has 0 aromatic carbocycles. The van der Waals surface area contributed by atoms with Crippen LogP contribution in [0.3, 0.4) is 0 Å². The summed E-state index contributed by atoms with van der Waals surface area (Å²) in [6, 6.07) is 4.07. The highest BCUT2D eigenvalue weighted by Crippen LogP contribution is 2.27. The maximum absolute atomic E-state index is 6.06. The average Bonchev–Trinajstić information content (AvgIpc) is 2.39. The molecule has 0 radical (unpaired) electrons. The maximum atomic E-state index is 6.06. The highest BCUT2D eigenvalue weighted by molar-refractivity contribution is 5.49. The second-order valence-corrected chi connectivity index (χ2v) is 4.82.